The van der Waals surface area contributed by atoms with Crippen LogP contribution in [-0.2, 0) is 20.8 Å². The number of carbonyl (C=O) groups is 5. The van der Waals surface area contributed by atoms with Crippen molar-refractivity contribution in [3.05, 3.63) is 51.3 Å². The molecule has 2 unspecified atom stereocenters. The highest BCUT2D eigenvalue weighted by molar-refractivity contribution is 6.47. The molecule has 0 spiro atoms. The number of phenolic OH excluding ortho intramolecular Hbond substituents is 2. The number of aromatic carboxylic acids is 1. The van der Waals surface area contributed by atoms with E-state index in [9.17, 15) is 53.1 Å². The van der Waals surface area contributed by atoms with Crippen LogP contribution in [0.2, 0.25) is 5.02 Å². The van der Waals surface area contributed by atoms with Crippen molar-refractivity contribution < 1.29 is 62.1 Å². The van der Waals surface area contributed by atoms with E-state index in [0.29, 0.717) is 11.3 Å². The van der Waals surface area contributed by atoms with Gasteiger partial charge in [-0.05, 0) is 31.0 Å². The molecule has 45 heavy (non-hydrogen) atoms. The Bertz CT molecular complexity index is 1570. The van der Waals surface area contributed by atoms with E-state index < -0.39 is 106 Å². The minimum Gasteiger partial charge on any atom is -0.534 e. The van der Waals surface area contributed by atoms with Gasteiger partial charge in [-0.2, -0.15) is 4.39 Å². The van der Waals surface area contributed by atoms with Gasteiger partial charge in [-0.1, -0.05) is 17.7 Å². The van der Waals surface area contributed by atoms with Crippen molar-refractivity contribution in [2.24, 2.45) is 5.73 Å². The fraction of sp³-hybridized carbons (Fsp3) is 0.320. The summed E-state index contributed by atoms with van der Waals surface area (Å²) in [6, 6.07) is -1.92. The molecule has 240 valence electrons. The first-order chi connectivity index (χ1) is 21.2. The summed E-state index contributed by atoms with van der Waals surface area (Å²) in [5.41, 5.74) is 3.33. The minimum atomic E-state index is -2.39. The third-order valence-electron chi connectivity index (χ3n) is 7.06. The van der Waals surface area contributed by atoms with Crippen LogP contribution >= 0.6 is 11.6 Å². The van der Waals surface area contributed by atoms with E-state index in [-0.39, 0.29) is 31.7 Å². The molecule has 0 aliphatic carbocycles. The van der Waals surface area contributed by atoms with Crippen LogP contribution in [0.15, 0.2) is 12.1 Å². The Morgan fingerprint density at radius 1 is 1.11 bits per heavy atom. The van der Waals surface area contributed by atoms with E-state index in [1.165, 1.54) is 0 Å². The van der Waals surface area contributed by atoms with Crippen molar-refractivity contribution in [2.75, 3.05) is 26.2 Å². The lowest BCUT2D eigenvalue weighted by atomic mass is 9.72. The average Bonchev–Trinajstić information content (AvgIpc) is 2.99. The molecule has 2 aliphatic heterocycles. The summed E-state index contributed by atoms with van der Waals surface area (Å²) in [5, 5.41) is 42.6. The summed E-state index contributed by atoms with van der Waals surface area (Å²) >= 11 is 5.94. The maximum absolute atomic E-state index is 15.1. The molecule has 15 nitrogen and oxygen atoms in total. The average molecular weight is 658 g/mol. The van der Waals surface area contributed by atoms with E-state index in [2.05, 4.69) is 5.32 Å². The number of nitrogens with zero attached hydrogens (tertiary/aromatic N) is 2. The highest BCUT2D eigenvalue weighted by Crippen LogP contribution is 2.42. The summed E-state index contributed by atoms with van der Waals surface area (Å²) in [4.78, 5) is 64.9. The Balaban J connectivity index is 1.66. The van der Waals surface area contributed by atoms with Crippen LogP contribution in [0.1, 0.15) is 33.9 Å². The van der Waals surface area contributed by atoms with Crippen molar-refractivity contribution >= 4 is 48.4 Å². The number of nitrogens with two attached hydrogens (primary N) is 1. The molecule has 2 heterocycles. The predicted molar refractivity (Wildman–Crippen MR) is 146 cm³/mol. The summed E-state index contributed by atoms with van der Waals surface area (Å²) < 4.78 is 48.9. The summed E-state index contributed by atoms with van der Waals surface area (Å²) in [5.74, 6) is -15.8. The number of benzene rings is 2. The number of hydrogen-bond acceptors (Lipinski definition) is 10. The third kappa shape index (κ3) is 6.26. The molecule has 0 aromatic heterocycles. The van der Waals surface area contributed by atoms with Gasteiger partial charge in [0.1, 0.15) is 23.2 Å². The number of phenols is 2. The molecule has 0 radical (unpaired) electrons. The van der Waals surface area contributed by atoms with Gasteiger partial charge in [-0.3, -0.25) is 19.3 Å². The van der Waals surface area contributed by atoms with Crippen molar-refractivity contribution in [2.45, 2.75) is 24.8 Å². The van der Waals surface area contributed by atoms with E-state index in [1.807, 2.05) is 5.32 Å². The zero-order valence-electron chi connectivity index (χ0n) is 22.9. The number of fused-ring (bicyclic) bond motifs is 1. The number of imide groups is 1. The van der Waals surface area contributed by atoms with Crippen LogP contribution in [0, 0.1) is 17.5 Å². The van der Waals surface area contributed by atoms with E-state index >= 15 is 4.39 Å². The molecule has 1 saturated heterocycles. The molecule has 5 amide bonds. The molecule has 2 atom stereocenters. The normalized spacial score (nSPS) is 17.0. The second kappa shape index (κ2) is 13.1. The van der Waals surface area contributed by atoms with Crippen molar-refractivity contribution in [3.63, 3.8) is 0 Å². The van der Waals surface area contributed by atoms with E-state index in [4.69, 9.17) is 22.0 Å². The maximum atomic E-state index is 15.1. The number of halogens is 4. The summed E-state index contributed by atoms with van der Waals surface area (Å²) in [7, 11) is -2.04. The van der Waals surface area contributed by atoms with Gasteiger partial charge in [0.2, 0.25) is 11.7 Å². The first-order valence-corrected chi connectivity index (χ1v) is 13.5. The summed E-state index contributed by atoms with van der Waals surface area (Å²) in [6.07, 6.45) is -0.0401. The smallest absolute Gasteiger partial charge is 0.534 e. The van der Waals surface area contributed by atoms with Crippen molar-refractivity contribution in [3.8, 4) is 17.2 Å². The van der Waals surface area contributed by atoms with E-state index in [0.717, 1.165) is 17.0 Å². The quantitative estimate of drug-likeness (QED) is 0.0849. The van der Waals surface area contributed by atoms with Crippen LogP contribution in [0.3, 0.4) is 0 Å². The molecule has 20 heteroatoms. The van der Waals surface area contributed by atoms with Gasteiger partial charge in [-0.25, -0.2) is 18.4 Å². The lowest BCUT2D eigenvalue weighted by molar-refractivity contribution is -0.153. The van der Waals surface area contributed by atoms with Gasteiger partial charge in [0.25, 0.3) is 0 Å². The monoisotopic (exact) mass is 657 g/mol. The number of carbonyl (C=O) groups excluding carboxylic acids is 4. The van der Waals surface area contributed by atoms with Gasteiger partial charge in [0.15, 0.2) is 17.3 Å². The molecule has 4 rings (SSSR count). The zero-order valence-corrected chi connectivity index (χ0v) is 23.6. The molecular weight excluding hydrogens is 634 g/mol. The first kappa shape index (κ1) is 33.2. The fourth-order valence-electron chi connectivity index (χ4n) is 4.77. The van der Waals surface area contributed by atoms with Crippen LogP contribution in [0.4, 0.5) is 18.0 Å². The number of carboxylic acids is 1. The van der Waals surface area contributed by atoms with Gasteiger partial charge in [0, 0.05) is 25.2 Å². The molecule has 2 aromatic rings. The van der Waals surface area contributed by atoms with Gasteiger partial charge in [-0.15, -0.1) is 0 Å². The molecule has 8 N–H and O–H groups in total. The second-order valence-electron chi connectivity index (χ2n) is 9.87. The van der Waals surface area contributed by atoms with Crippen LogP contribution in [0.25, 0.3) is 0 Å². The second-order valence-corrected chi connectivity index (χ2v) is 10.2. The summed E-state index contributed by atoms with van der Waals surface area (Å²) in [6.45, 7) is -0.174. The maximum Gasteiger partial charge on any atom is 0.547 e. The Labute approximate surface area is 256 Å². The number of aromatic hydroxyl groups is 2. The molecule has 1 fully saturated rings. The van der Waals surface area contributed by atoms with Gasteiger partial charge in [0.05, 0.1) is 11.0 Å². The standard InChI is InChI=1S/C25H24BClF3N5O10/c27-14-13(15(29)16(30)19(37)18(14)36)17(33-25(43)35-7-6-34(5-1-4-31)22(39)23(35)40)21(38)32-11-8-9-2-3-10(28)12(24(41)42)20(9)45-26(11)44/h2-3,11,17,36-37,44H,1,4-8,31H2,(H,32,38)(H,33,43)(H,41,42). The molecule has 0 bridgehead atoms. The molecule has 2 aliphatic rings. The number of rotatable bonds is 8. The van der Waals surface area contributed by atoms with Crippen LogP contribution in [0.5, 0.6) is 17.2 Å². The molecule has 2 aromatic carbocycles. The highest BCUT2D eigenvalue weighted by Gasteiger charge is 2.43. The molecular formula is C25H24BClF3N5O10. The van der Waals surface area contributed by atoms with E-state index in [1.54, 1.807) is 0 Å². The highest BCUT2D eigenvalue weighted by atomic mass is 35.5. The SMILES string of the molecule is NCCCN1CCN(C(=O)NC(C(=O)NC2Cc3ccc(F)c(C(=O)O)c3OB2O)c2c(F)c(F)c(O)c(O)c2Cl)C(=O)C1=O. The number of urea groups is 1. The fourth-order valence-corrected chi connectivity index (χ4v) is 5.05. The number of carboxylic acid groups (broad SMARTS) is 1. The van der Waals surface area contributed by atoms with Crippen molar-refractivity contribution in [1.82, 2.24) is 20.4 Å². The van der Waals surface area contributed by atoms with Crippen LogP contribution in [-0.4, -0.2) is 99.1 Å². The topological polar surface area (TPSA) is 232 Å². The molecule has 0 saturated carbocycles. The van der Waals surface area contributed by atoms with Gasteiger partial charge < -0.3 is 46.3 Å². The lowest BCUT2D eigenvalue weighted by Gasteiger charge is -2.34. The number of piperazine rings is 1. The largest absolute Gasteiger partial charge is 0.547 e. The first-order valence-electron chi connectivity index (χ1n) is 13.1. The van der Waals surface area contributed by atoms with Crippen molar-refractivity contribution in [1.29, 1.82) is 0 Å². The van der Waals surface area contributed by atoms with Crippen LogP contribution < -0.4 is 21.0 Å². The predicted octanol–water partition coefficient (Wildman–Crippen LogP) is -0.223. The Hall–Kier alpha value is -4.75. The third-order valence-corrected chi connectivity index (χ3v) is 7.45. The minimum absolute atomic E-state index is 0.0131. The Morgan fingerprint density at radius 3 is 2.44 bits per heavy atom. The zero-order chi connectivity index (χ0) is 33.3. The number of hydrogen-bond donors (Lipinski definition) is 7. The van der Waals surface area contributed by atoms with Gasteiger partial charge >= 0.3 is 30.9 Å². The number of amides is 5. The Kier molecular flexibility index (Phi) is 9.64. The lowest BCUT2D eigenvalue weighted by Crippen LogP contribution is -2.60. The number of nitrogens with one attached hydrogen (secondary N) is 2. The Morgan fingerprint density at radius 2 is 1.80 bits per heavy atom.